The van der Waals surface area contributed by atoms with Crippen LogP contribution in [-0.4, -0.2) is 0 Å². The van der Waals surface area contributed by atoms with Crippen molar-refractivity contribution in [3.63, 3.8) is 0 Å². The quantitative estimate of drug-likeness (QED) is 0.757. The molecule has 1 atom stereocenters. The molecule has 0 aliphatic carbocycles. The molecular formula is C15H18NO+. The van der Waals surface area contributed by atoms with Gasteiger partial charge in [-0.3, -0.25) is 0 Å². The highest BCUT2D eigenvalue weighted by Crippen LogP contribution is 2.13. The molecule has 0 aliphatic rings. The maximum Gasteiger partial charge on any atom is 0.161 e. The summed E-state index contributed by atoms with van der Waals surface area (Å²) >= 11 is 0. The molecule has 0 amide bonds. The first-order valence-electron chi connectivity index (χ1n) is 5.91. The first-order chi connectivity index (χ1) is 8.40. The summed E-state index contributed by atoms with van der Waals surface area (Å²) in [6.07, 6.45) is 4.58. The molecule has 0 saturated heterocycles. The molecule has 0 unspecified atom stereocenters. The third-order valence-electron chi connectivity index (χ3n) is 2.81. The summed E-state index contributed by atoms with van der Waals surface area (Å²) in [4.78, 5) is 0. The van der Waals surface area contributed by atoms with Crippen molar-refractivity contribution in [2.45, 2.75) is 19.0 Å². The van der Waals surface area contributed by atoms with Gasteiger partial charge in [0.1, 0.15) is 12.6 Å². The fourth-order valence-electron chi connectivity index (χ4n) is 1.90. The van der Waals surface area contributed by atoms with Gasteiger partial charge in [-0.25, -0.2) is 0 Å². The highest BCUT2D eigenvalue weighted by molar-refractivity contribution is 5.13. The second-order valence-electron chi connectivity index (χ2n) is 4.07. The van der Waals surface area contributed by atoms with Gasteiger partial charge in [0.25, 0.3) is 0 Å². The van der Waals surface area contributed by atoms with Crippen molar-refractivity contribution >= 4 is 0 Å². The second kappa shape index (κ2) is 6.06. The van der Waals surface area contributed by atoms with E-state index in [0.29, 0.717) is 6.04 Å². The summed E-state index contributed by atoms with van der Waals surface area (Å²) < 4.78 is 5.46. The number of quaternary nitrogens is 1. The highest BCUT2D eigenvalue weighted by Gasteiger charge is 2.15. The number of hydrogen-bond acceptors (Lipinski definition) is 1. The predicted octanol–water partition coefficient (Wildman–Crippen LogP) is 2.66. The lowest BCUT2D eigenvalue weighted by molar-refractivity contribution is -0.712. The van der Waals surface area contributed by atoms with Crippen molar-refractivity contribution in [3.8, 4) is 0 Å². The Morgan fingerprint density at radius 2 is 2.00 bits per heavy atom. The van der Waals surface area contributed by atoms with Crippen LogP contribution in [0.3, 0.4) is 0 Å². The minimum absolute atomic E-state index is 0.322. The highest BCUT2D eigenvalue weighted by atomic mass is 16.3. The Labute approximate surface area is 102 Å². The molecule has 0 saturated carbocycles. The van der Waals surface area contributed by atoms with Gasteiger partial charge < -0.3 is 9.73 Å². The van der Waals surface area contributed by atoms with Gasteiger partial charge in [0.05, 0.1) is 6.26 Å². The summed E-state index contributed by atoms with van der Waals surface area (Å²) in [7, 11) is 0. The van der Waals surface area contributed by atoms with Gasteiger partial charge >= 0.3 is 0 Å². The Balaban J connectivity index is 1.97. The van der Waals surface area contributed by atoms with E-state index in [4.69, 9.17) is 4.42 Å². The Kier molecular flexibility index (Phi) is 4.17. The van der Waals surface area contributed by atoms with Crippen LogP contribution in [0.4, 0.5) is 0 Å². The van der Waals surface area contributed by atoms with Crippen LogP contribution >= 0.6 is 0 Å². The van der Waals surface area contributed by atoms with E-state index in [2.05, 4.69) is 36.2 Å². The van der Waals surface area contributed by atoms with Crippen LogP contribution in [0.1, 0.15) is 23.8 Å². The lowest BCUT2D eigenvalue weighted by atomic mass is 10.1. The molecule has 1 aromatic carbocycles. The Morgan fingerprint density at radius 1 is 1.18 bits per heavy atom. The van der Waals surface area contributed by atoms with Crippen molar-refractivity contribution in [2.75, 3.05) is 0 Å². The zero-order chi connectivity index (χ0) is 11.9. The summed E-state index contributed by atoms with van der Waals surface area (Å²) in [6.45, 7) is 4.76. The monoisotopic (exact) mass is 228 g/mol. The molecule has 2 heteroatoms. The van der Waals surface area contributed by atoms with E-state index in [1.165, 1.54) is 5.56 Å². The molecule has 0 fully saturated rings. The summed E-state index contributed by atoms with van der Waals surface area (Å²) in [5, 5.41) is 2.29. The molecule has 0 spiro atoms. The van der Waals surface area contributed by atoms with E-state index in [1.54, 1.807) is 6.26 Å². The van der Waals surface area contributed by atoms with E-state index >= 15 is 0 Å². The number of nitrogens with two attached hydrogens (primary N) is 1. The molecular weight excluding hydrogens is 210 g/mol. The van der Waals surface area contributed by atoms with E-state index in [-0.39, 0.29) is 0 Å². The molecule has 17 heavy (non-hydrogen) atoms. The van der Waals surface area contributed by atoms with Crippen molar-refractivity contribution < 1.29 is 9.73 Å². The molecule has 1 heterocycles. The van der Waals surface area contributed by atoms with Gasteiger partial charge in [-0.15, -0.1) is 6.58 Å². The SMILES string of the molecule is C=CC[C@@H]([NH2+]Cc1ccccc1)c1ccco1. The van der Waals surface area contributed by atoms with E-state index < -0.39 is 0 Å². The number of benzene rings is 1. The van der Waals surface area contributed by atoms with Gasteiger partial charge in [0.15, 0.2) is 5.76 Å². The topological polar surface area (TPSA) is 29.8 Å². The standard InChI is InChI=1S/C15H17NO/c1-2-7-14(15-10-6-11-17-15)16-12-13-8-4-3-5-9-13/h2-6,8-11,14,16H,1,7,12H2/p+1/t14-/m1/s1. The van der Waals surface area contributed by atoms with E-state index in [0.717, 1.165) is 18.7 Å². The van der Waals surface area contributed by atoms with Gasteiger partial charge in [0.2, 0.25) is 0 Å². The van der Waals surface area contributed by atoms with Crippen LogP contribution in [-0.2, 0) is 6.54 Å². The number of rotatable bonds is 6. The molecule has 88 valence electrons. The summed E-state index contributed by atoms with van der Waals surface area (Å²) in [6, 6.07) is 14.7. The van der Waals surface area contributed by atoms with Gasteiger partial charge in [-0.2, -0.15) is 0 Å². The van der Waals surface area contributed by atoms with Crippen LogP contribution in [0.25, 0.3) is 0 Å². The predicted molar refractivity (Wildman–Crippen MR) is 68.3 cm³/mol. The number of hydrogen-bond donors (Lipinski definition) is 1. The van der Waals surface area contributed by atoms with Crippen LogP contribution < -0.4 is 5.32 Å². The average Bonchev–Trinajstić information content (AvgIpc) is 2.89. The van der Waals surface area contributed by atoms with Gasteiger partial charge in [0, 0.05) is 12.0 Å². The maximum atomic E-state index is 5.46. The fourth-order valence-corrected chi connectivity index (χ4v) is 1.90. The molecule has 2 aromatic rings. The Morgan fingerprint density at radius 3 is 2.65 bits per heavy atom. The van der Waals surface area contributed by atoms with Gasteiger partial charge in [-0.1, -0.05) is 36.4 Å². The zero-order valence-electron chi connectivity index (χ0n) is 9.88. The zero-order valence-corrected chi connectivity index (χ0v) is 9.88. The molecule has 2 rings (SSSR count). The van der Waals surface area contributed by atoms with Crippen LogP contribution in [0.15, 0.2) is 65.8 Å². The molecule has 2 nitrogen and oxygen atoms in total. The largest absolute Gasteiger partial charge is 0.463 e. The smallest absolute Gasteiger partial charge is 0.161 e. The second-order valence-corrected chi connectivity index (χ2v) is 4.07. The van der Waals surface area contributed by atoms with Gasteiger partial charge in [-0.05, 0) is 12.1 Å². The maximum absolute atomic E-state index is 5.46. The molecule has 0 aliphatic heterocycles. The van der Waals surface area contributed by atoms with Crippen molar-refractivity contribution in [1.29, 1.82) is 0 Å². The third-order valence-corrected chi connectivity index (χ3v) is 2.81. The molecule has 0 bridgehead atoms. The molecule has 2 N–H and O–H groups in total. The van der Waals surface area contributed by atoms with Crippen molar-refractivity contribution in [1.82, 2.24) is 0 Å². The third kappa shape index (κ3) is 3.33. The Hall–Kier alpha value is -1.80. The average molecular weight is 228 g/mol. The lowest BCUT2D eigenvalue weighted by Crippen LogP contribution is -2.83. The van der Waals surface area contributed by atoms with Crippen LogP contribution in [0.5, 0.6) is 0 Å². The number of furan rings is 1. The normalized spacial score (nSPS) is 12.2. The lowest BCUT2D eigenvalue weighted by Gasteiger charge is -2.11. The fraction of sp³-hybridized carbons (Fsp3) is 0.200. The van der Waals surface area contributed by atoms with E-state index in [9.17, 15) is 0 Å². The minimum atomic E-state index is 0.322. The van der Waals surface area contributed by atoms with Crippen LogP contribution in [0.2, 0.25) is 0 Å². The summed E-state index contributed by atoms with van der Waals surface area (Å²) in [5.41, 5.74) is 1.33. The first kappa shape index (κ1) is 11.7. The van der Waals surface area contributed by atoms with Crippen molar-refractivity contribution in [2.24, 2.45) is 0 Å². The minimum Gasteiger partial charge on any atom is -0.463 e. The Bertz CT molecular complexity index is 433. The molecule has 0 radical (unpaired) electrons. The summed E-state index contributed by atoms with van der Waals surface area (Å²) in [5.74, 6) is 1.01. The van der Waals surface area contributed by atoms with E-state index in [1.807, 2.05) is 24.3 Å². The van der Waals surface area contributed by atoms with Crippen LogP contribution in [0, 0.1) is 0 Å². The van der Waals surface area contributed by atoms with Crippen molar-refractivity contribution in [3.05, 3.63) is 72.7 Å². The first-order valence-corrected chi connectivity index (χ1v) is 5.91. The molecule has 1 aromatic heterocycles.